The molecule has 0 aliphatic carbocycles. The summed E-state index contributed by atoms with van der Waals surface area (Å²) in [6.45, 7) is 4.87. The Morgan fingerprint density at radius 2 is 2.22 bits per heavy atom. The zero-order valence-electron chi connectivity index (χ0n) is 11.5. The first-order chi connectivity index (χ1) is 8.54. The number of anilines is 1. The number of aliphatic hydroxyl groups excluding tert-OH is 1. The third kappa shape index (κ3) is 3.01. The molecule has 6 heteroatoms. The van der Waals surface area contributed by atoms with Crippen molar-refractivity contribution in [1.82, 2.24) is 15.1 Å². The van der Waals surface area contributed by atoms with Crippen LogP contribution in [0.1, 0.15) is 24.6 Å². The Kier molecular flexibility index (Phi) is 5.15. The van der Waals surface area contributed by atoms with Crippen molar-refractivity contribution >= 4 is 11.7 Å². The van der Waals surface area contributed by atoms with Crippen LogP contribution < -0.4 is 10.2 Å². The van der Waals surface area contributed by atoms with Crippen molar-refractivity contribution < 1.29 is 9.90 Å². The van der Waals surface area contributed by atoms with Gasteiger partial charge in [-0.3, -0.25) is 9.48 Å². The number of nitrogens with zero attached hydrogens (tertiary/aromatic N) is 3. The lowest BCUT2D eigenvalue weighted by Crippen LogP contribution is -2.37. The van der Waals surface area contributed by atoms with Gasteiger partial charge in [0.1, 0.15) is 5.82 Å². The molecule has 0 aromatic carbocycles. The minimum absolute atomic E-state index is 0.0498. The summed E-state index contributed by atoms with van der Waals surface area (Å²) in [7, 11) is 3.45. The summed E-state index contributed by atoms with van der Waals surface area (Å²) in [5, 5.41) is 16.4. The van der Waals surface area contributed by atoms with Gasteiger partial charge >= 0.3 is 0 Å². The van der Waals surface area contributed by atoms with Gasteiger partial charge in [0.2, 0.25) is 5.91 Å². The molecule has 0 spiro atoms. The van der Waals surface area contributed by atoms with Gasteiger partial charge in [0.25, 0.3) is 0 Å². The minimum atomic E-state index is -0.0665. The van der Waals surface area contributed by atoms with Crippen molar-refractivity contribution in [2.24, 2.45) is 7.05 Å². The molecule has 0 aliphatic rings. The molecule has 1 aromatic rings. The molecular weight excluding hydrogens is 232 g/mol. The number of carbonyl (C=O) groups excluding carboxylic acids is 1. The molecule has 0 fully saturated rings. The number of rotatable bonds is 6. The molecule has 0 bridgehead atoms. The molecule has 0 saturated heterocycles. The molecule has 0 saturated carbocycles. The van der Waals surface area contributed by atoms with Crippen molar-refractivity contribution in [1.29, 1.82) is 0 Å². The molecule has 0 aliphatic heterocycles. The molecule has 1 aromatic heterocycles. The Morgan fingerprint density at radius 3 is 2.72 bits per heavy atom. The van der Waals surface area contributed by atoms with E-state index < -0.39 is 0 Å². The van der Waals surface area contributed by atoms with Crippen LogP contribution >= 0.6 is 0 Å². The fraction of sp³-hybridized carbons (Fsp3) is 0.667. The Bertz CT molecular complexity index is 414. The fourth-order valence-electron chi connectivity index (χ4n) is 2.05. The summed E-state index contributed by atoms with van der Waals surface area (Å²) in [6, 6.07) is 0. The average molecular weight is 254 g/mol. The van der Waals surface area contributed by atoms with Gasteiger partial charge < -0.3 is 15.3 Å². The van der Waals surface area contributed by atoms with Crippen molar-refractivity contribution in [3.63, 3.8) is 0 Å². The van der Waals surface area contributed by atoms with E-state index in [-0.39, 0.29) is 19.1 Å². The summed E-state index contributed by atoms with van der Waals surface area (Å²) in [5.74, 6) is 0.770. The highest BCUT2D eigenvalue weighted by Crippen LogP contribution is 2.23. The number of aromatic nitrogens is 2. The van der Waals surface area contributed by atoms with Crippen LogP contribution in [0.15, 0.2) is 0 Å². The maximum absolute atomic E-state index is 11.5. The maximum Gasteiger partial charge on any atom is 0.239 e. The second-order valence-corrected chi connectivity index (χ2v) is 4.26. The largest absolute Gasteiger partial charge is 0.391 e. The topological polar surface area (TPSA) is 70.4 Å². The van der Waals surface area contributed by atoms with Crippen molar-refractivity contribution in [2.45, 2.75) is 26.9 Å². The Hall–Kier alpha value is -1.56. The van der Waals surface area contributed by atoms with Crippen LogP contribution in [0.5, 0.6) is 0 Å². The van der Waals surface area contributed by atoms with E-state index >= 15 is 0 Å². The van der Waals surface area contributed by atoms with Gasteiger partial charge in [-0.25, -0.2) is 0 Å². The molecule has 1 rings (SSSR count). The zero-order chi connectivity index (χ0) is 13.7. The molecule has 0 atom stereocenters. The lowest BCUT2D eigenvalue weighted by Gasteiger charge is -2.24. The summed E-state index contributed by atoms with van der Waals surface area (Å²) in [4.78, 5) is 13.5. The molecule has 2 N–H and O–H groups in total. The van der Waals surface area contributed by atoms with Crippen LogP contribution in [0.25, 0.3) is 0 Å². The van der Waals surface area contributed by atoms with Crippen molar-refractivity contribution in [3.8, 4) is 0 Å². The number of hydrogen-bond donors (Lipinski definition) is 2. The highest BCUT2D eigenvalue weighted by atomic mass is 16.3. The van der Waals surface area contributed by atoms with Gasteiger partial charge in [0.05, 0.1) is 18.8 Å². The molecule has 0 unspecified atom stereocenters. The highest BCUT2D eigenvalue weighted by Gasteiger charge is 2.19. The SMILES string of the molecule is CCCN(CC(=O)NC)c1c(CO)c(C)nn1C. The first-order valence-corrected chi connectivity index (χ1v) is 6.14. The number of aryl methyl sites for hydroxylation is 2. The Labute approximate surface area is 108 Å². The van der Waals surface area contributed by atoms with Crippen LogP contribution in [-0.4, -0.2) is 40.9 Å². The minimum Gasteiger partial charge on any atom is -0.391 e. The second-order valence-electron chi connectivity index (χ2n) is 4.26. The first kappa shape index (κ1) is 14.5. The fourth-order valence-corrected chi connectivity index (χ4v) is 2.05. The van der Waals surface area contributed by atoms with Gasteiger partial charge in [-0.1, -0.05) is 6.92 Å². The number of carbonyl (C=O) groups is 1. The van der Waals surface area contributed by atoms with Crippen molar-refractivity contribution in [2.75, 3.05) is 25.0 Å². The number of aliphatic hydroxyl groups is 1. The Balaban J connectivity index is 3.08. The first-order valence-electron chi connectivity index (χ1n) is 6.14. The molecule has 1 heterocycles. The summed E-state index contributed by atoms with van der Waals surface area (Å²) in [5.41, 5.74) is 1.59. The third-order valence-electron chi connectivity index (χ3n) is 2.88. The zero-order valence-corrected chi connectivity index (χ0v) is 11.5. The summed E-state index contributed by atoms with van der Waals surface area (Å²) < 4.78 is 1.72. The molecule has 0 radical (unpaired) electrons. The van der Waals surface area contributed by atoms with E-state index in [1.54, 1.807) is 11.7 Å². The third-order valence-corrected chi connectivity index (χ3v) is 2.88. The molecule has 18 heavy (non-hydrogen) atoms. The average Bonchev–Trinajstić information content (AvgIpc) is 2.62. The van der Waals surface area contributed by atoms with Crippen LogP contribution in [-0.2, 0) is 18.4 Å². The van der Waals surface area contributed by atoms with Crippen LogP contribution in [0.3, 0.4) is 0 Å². The van der Waals surface area contributed by atoms with E-state index in [0.29, 0.717) is 0 Å². The number of likely N-dealkylation sites (N-methyl/N-ethyl adjacent to an activating group) is 1. The summed E-state index contributed by atoms with van der Waals surface area (Å²) in [6.07, 6.45) is 0.923. The lowest BCUT2D eigenvalue weighted by molar-refractivity contribution is -0.119. The molecule has 102 valence electrons. The lowest BCUT2D eigenvalue weighted by atomic mass is 10.2. The van der Waals surface area contributed by atoms with E-state index in [1.165, 1.54) is 0 Å². The van der Waals surface area contributed by atoms with E-state index in [9.17, 15) is 9.90 Å². The normalized spacial score (nSPS) is 10.5. The standard InChI is InChI=1S/C12H22N4O2/c1-5-6-16(7-11(18)13-3)12-10(8-17)9(2)14-15(12)4/h17H,5-8H2,1-4H3,(H,13,18). The van der Waals surface area contributed by atoms with E-state index in [4.69, 9.17) is 0 Å². The predicted molar refractivity (Wildman–Crippen MR) is 70.4 cm³/mol. The quantitative estimate of drug-likeness (QED) is 0.760. The molecule has 1 amide bonds. The van der Waals surface area contributed by atoms with E-state index in [0.717, 1.165) is 30.0 Å². The smallest absolute Gasteiger partial charge is 0.239 e. The van der Waals surface area contributed by atoms with Gasteiger partial charge in [0.15, 0.2) is 0 Å². The predicted octanol–water partition coefficient (Wildman–Crippen LogP) is 0.183. The number of hydrogen-bond acceptors (Lipinski definition) is 4. The van der Waals surface area contributed by atoms with Gasteiger partial charge in [-0.15, -0.1) is 0 Å². The summed E-state index contributed by atoms with van der Waals surface area (Å²) >= 11 is 0. The van der Waals surface area contributed by atoms with Gasteiger partial charge in [-0.2, -0.15) is 5.10 Å². The monoisotopic (exact) mass is 254 g/mol. The van der Waals surface area contributed by atoms with Gasteiger partial charge in [0, 0.05) is 26.2 Å². The van der Waals surface area contributed by atoms with Gasteiger partial charge in [-0.05, 0) is 13.3 Å². The maximum atomic E-state index is 11.5. The Morgan fingerprint density at radius 1 is 1.56 bits per heavy atom. The van der Waals surface area contributed by atoms with Crippen LogP contribution in [0.2, 0.25) is 0 Å². The van der Waals surface area contributed by atoms with Crippen LogP contribution in [0, 0.1) is 6.92 Å². The van der Waals surface area contributed by atoms with E-state index in [1.807, 2.05) is 18.9 Å². The molecular formula is C12H22N4O2. The van der Waals surface area contributed by atoms with Crippen LogP contribution in [0.4, 0.5) is 5.82 Å². The number of nitrogens with one attached hydrogen (secondary N) is 1. The van der Waals surface area contributed by atoms with E-state index in [2.05, 4.69) is 17.3 Å². The second kappa shape index (κ2) is 6.39. The molecule has 6 nitrogen and oxygen atoms in total. The van der Waals surface area contributed by atoms with Crippen molar-refractivity contribution in [3.05, 3.63) is 11.3 Å². The highest BCUT2D eigenvalue weighted by molar-refractivity contribution is 5.81. The number of amides is 1.